The van der Waals surface area contributed by atoms with E-state index in [9.17, 15) is 22.4 Å². The number of rotatable bonds is 5. The van der Waals surface area contributed by atoms with Gasteiger partial charge in [0.15, 0.2) is 11.5 Å². The summed E-state index contributed by atoms with van der Waals surface area (Å²) in [5.74, 6) is -2.22. The lowest BCUT2D eigenvalue weighted by Crippen LogP contribution is -2.19. The highest BCUT2D eigenvalue weighted by molar-refractivity contribution is 9.10. The first kappa shape index (κ1) is 21.2. The van der Waals surface area contributed by atoms with Crippen molar-refractivity contribution < 1.29 is 31.7 Å². The van der Waals surface area contributed by atoms with Gasteiger partial charge in [-0.2, -0.15) is 0 Å². The molecule has 0 saturated heterocycles. The van der Waals surface area contributed by atoms with E-state index in [0.29, 0.717) is 5.69 Å². The third-order valence-corrected chi connectivity index (χ3v) is 4.10. The van der Waals surface area contributed by atoms with Gasteiger partial charge in [0.05, 0.1) is 4.47 Å². The maximum absolute atomic E-state index is 13.3. The average Bonchev–Trinajstić information content (AvgIpc) is 3.12. The molecule has 3 rings (SSSR count). The van der Waals surface area contributed by atoms with Gasteiger partial charge < -0.3 is 15.4 Å². The highest BCUT2D eigenvalue weighted by Gasteiger charge is 2.31. The molecule has 2 aromatic carbocycles. The van der Waals surface area contributed by atoms with Crippen LogP contribution in [0.3, 0.4) is 0 Å². The lowest BCUT2D eigenvalue weighted by Gasteiger charge is -2.09. The third kappa shape index (κ3) is 5.31. The van der Waals surface area contributed by atoms with Crippen molar-refractivity contribution in [3.8, 4) is 5.75 Å². The van der Waals surface area contributed by atoms with E-state index in [-0.39, 0.29) is 27.4 Å². The quantitative estimate of drug-likeness (QED) is 0.276. The van der Waals surface area contributed by atoms with Crippen LogP contribution in [-0.2, 0) is 0 Å². The number of alkyl halides is 3. The monoisotopic (exact) mass is 487 g/mol. The summed E-state index contributed by atoms with van der Waals surface area (Å²) in [7, 11) is 0. The van der Waals surface area contributed by atoms with Crippen LogP contribution in [0.5, 0.6) is 5.75 Å². The Morgan fingerprint density at radius 2 is 1.80 bits per heavy atom. The summed E-state index contributed by atoms with van der Waals surface area (Å²) in [5.41, 5.74) is 0.204. The van der Waals surface area contributed by atoms with Crippen LogP contribution in [0.15, 0.2) is 51.6 Å². The smallest absolute Gasteiger partial charge is 0.406 e. The van der Waals surface area contributed by atoms with Crippen LogP contribution in [0.1, 0.15) is 16.1 Å². The number of carbonyl (C=O) groups excluding carboxylic acids is 1. The number of anilines is 2. The Bertz CT molecular complexity index is 1090. The Morgan fingerprint density at radius 1 is 1.10 bits per heavy atom. The van der Waals surface area contributed by atoms with Gasteiger partial charge in [0.25, 0.3) is 5.91 Å². The second-order valence-electron chi connectivity index (χ2n) is 5.62. The minimum Gasteiger partial charge on any atom is -0.406 e. The lowest BCUT2D eigenvalue weighted by molar-refractivity contribution is -0.274. The molecule has 0 aliphatic carbocycles. The summed E-state index contributed by atoms with van der Waals surface area (Å²) in [6.07, 6.45) is -4.85. The van der Waals surface area contributed by atoms with Gasteiger partial charge in [0.2, 0.25) is 5.82 Å². The molecule has 0 fully saturated rings. The average molecular weight is 488 g/mol. The second-order valence-corrected chi connectivity index (χ2v) is 6.47. The first-order chi connectivity index (χ1) is 14.1. The fourth-order valence-electron chi connectivity index (χ4n) is 2.20. The third-order valence-electron chi connectivity index (χ3n) is 3.50. The molecule has 0 saturated carbocycles. The summed E-state index contributed by atoms with van der Waals surface area (Å²) < 4.78 is 58.3. The highest BCUT2D eigenvalue weighted by Crippen LogP contribution is 2.24. The molecule has 8 nitrogen and oxygen atoms in total. The van der Waals surface area contributed by atoms with Crippen molar-refractivity contribution in [2.75, 3.05) is 10.6 Å². The predicted molar refractivity (Wildman–Crippen MR) is 99.9 cm³/mol. The summed E-state index contributed by atoms with van der Waals surface area (Å²) in [6.45, 7) is 0. The van der Waals surface area contributed by atoms with E-state index in [4.69, 9.17) is 5.41 Å². The number of nitrogens with zero attached hydrogens (tertiary/aromatic N) is 2. The fraction of sp³-hybridized carbons (Fsp3) is 0.0588. The van der Waals surface area contributed by atoms with Gasteiger partial charge in [-0.15, -0.1) is 13.2 Å². The van der Waals surface area contributed by atoms with E-state index < -0.39 is 23.8 Å². The molecule has 1 amide bonds. The SMILES string of the molecule is N=C(Nc1ccc(F)c(Br)c1)c1nonc1NC(=O)c1ccc(OC(F)(F)F)cc1. The van der Waals surface area contributed by atoms with E-state index in [1.165, 1.54) is 18.2 Å². The Labute approximate surface area is 173 Å². The lowest BCUT2D eigenvalue weighted by atomic mass is 10.2. The molecule has 1 heterocycles. The summed E-state index contributed by atoms with van der Waals surface area (Å²) in [5, 5.41) is 20.1. The van der Waals surface area contributed by atoms with Gasteiger partial charge in [-0.05, 0) is 68.7 Å². The number of nitrogens with one attached hydrogen (secondary N) is 3. The van der Waals surface area contributed by atoms with Crippen molar-refractivity contribution in [3.63, 3.8) is 0 Å². The molecule has 3 N–H and O–H groups in total. The van der Waals surface area contributed by atoms with Crippen LogP contribution >= 0.6 is 15.9 Å². The Balaban J connectivity index is 1.69. The van der Waals surface area contributed by atoms with Gasteiger partial charge in [-0.3, -0.25) is 10.2 Å². The van der Waals surface area contributed by atoms with Gasteiger partial charge in [-0.1, -0.05) is 0 Å². The molecule has 0 unspecified atom stereocenters. The molecular weight excluding hydrogens is 478 g/mol. The zero-order valence-electron chi connectivity index (χ0n) is 14.6. The molecule has 0 radical (unpaired) electrons. The van der Waals surface area contributed by atoms with Crippen molar-refractivity contribution in [1.82, 2.24) is 10.3 Å². The van der Waals surface area contributed by atoms with Gasteiger partial charge in [-0.25, -0.2) is 9.02 Å². The van der Waals surface area contributed by atoms with Crippen LogP contribution < -0.4 is 15.4 Å². The molecule has 156 valence electrons. The summed E-state index contributed by atoms with van der Waals surface area (Å²) >= 11 is 3.02. The Kier molecular flexibility index (Phi) is 6.01. The molecule has 0 spiro atoms. The summed E-state index contributed by atoms with van der Waals surface area (Å²) in [4.78, 5) is 12.3. The molecule has 0 atom stereocenters. The second kappa shape index (κ2) is 8.49. The summed E-state index contributed by atoms with van der Waals surface area (Å²) in [6, 6.07) is 8.12. The topological polar surface area (TPSA) is 113 Å². The maximum atomic E-state index is 13.3. The van der Waals surface area contributed by atoms with Crippen LogP contribution in [0.25, 0.3) is 0 Å². The fourth-order valence-corrected chi connectivity index (χ4v) is 2.58. The number of ether oxygens (including phenoxy) is 1. The number of hydrogen-bond donors (Lipinski definition) is 3. The van der Waals surface area contributed by atoms with E-state index >= 15 is 0 Å². The zero-order chi connectivity index (χ0) is 21.9. The van der Waals surface area contributed by atoms with Crippen molar-refractivity contribution >= 4 is 39.2 Å². The molecule has 1 aromatic heterocycles. The first-order valence-corrected chi connectivity index (χ1v) is 8.72. The van der Waals surface area contributed by atoms with Gasteiger partial charge in [0, 0.05) is 11.3 Å². The zero-order valence-corrected chi connectivity index (χ0v) is 16.1. The normalized spacial score (nSPS) is 11.1. The number of carbonyl (C=O) groups is 1. The highest BCUT2D eigenvalue weighted by atomic mass is 79.9. The molecule has 30 heavy (non-hydrogen) atoms. The van der Waals surface area contributed by atoms with Gasteiger partial charge in [0.1, 0.15) is 11.6 Å². The van der Waals surface area contributed by atoms with Crippen LogP contribution in [-0.4, -0.2) is 28.4 Å². The van der Waals surface area contributed by atoms with Crippen molar-refractivity contribution in [1.29, 1.82) is 5.41 Å². The van der Waals surface area contributed by atoms with E-state index in [1.54, 1.807) is 0 Å². The molecule has 0 bridgehead atoms. The van der Waals surface area contributed by atoms with Crippen LogP contribution in [0.2, 0.25) is 0 Å². The number of amidine groups is 1. The van der Waals surface area contributed by atoms with E-state index in [2.05, 4.69) is 46.2 Å². The molecule has 0 aliphatic heterocycles. The standard InChI is InChI=1S/C17H10BrF4N5O3/c18-11-7-9(3-6-12(11)19)24-14(23)13-15(27-30-26-13)25-16(28)8-1-4-10(5-2-8)29-17(20,21)22/h1-7H,(H2,23,24)(H,25,27,28). The maximum Gasteiger partial charge on any atom is 0.573 e. The Hall–Kier alpha value is -3.48. The molecule has 0 aliphatic rings. The van der Waals surface area contributed by atoms with Crippen molar-refractivity contribution in [2.45, 2.75) is 6.36 Å². The molecule has 3 aromatic rings. The number of halogens is 5. The van der Waals surface area contributed by atoms with Crippen molar-refractivity contribution in [3.05, 3.63) is 64.0 Å². The minimum atomic E-state index is -4.85. The minimum absolute atomic E-state index is 0.000398. The Morgan fingerprint density at radius 3 is 2.43 bits per heavy atom. The van der Waals surface area contributed by atoms with Gasteiger partial charge >= 0.3 is 6.36 Å². The number of aromatic nitrogens is 2. The molecule has 13 heteroatoms. The van der Waals surface area contributed by atoms with E-state index in [0.717, 1.165) is 24.3 Å². The largest absolute Gasteiger partial charge is 0.573 e. The number of amides is 1. The molecular formula is C17H10BrF4N5O3. The number of benzene rings is 2. The first-order valence-electron chi connectivity index (χ1n) is 7.93. The number of hydrogen-bond acceptors (Lipinski definition) is 6. The van der Waals surface area contributed by atoms with Crippen molar-refractivity contribution in [2.24, 2.45) is 0 Å². The van der Waals surface area contributed by atoms with E-state index in [1.807, 2.05) is 0 Å². The van der Waals surface area contributed by atoms with Crippen LogP contribution in [0, 0.1) is 11.2 Å². The predicted octanol–water partition coefficient (Wildman–Crippen LogP) is 4.56. The van der Waals surface area contributed by atoms with Crippen LogP contribution in [0.4, 0.5) is 29.1 Å².